The average molecular weight is 403 g/mol. The lowest BCUT2D eigenvalue weighted by atomic mass is 9.80. The van der Waals surface area contributed by atoms with E-state index in [1.54, 1.807) is 6.07 Å². The topological polar surface area (TPSA) is 45.4 Å². The molecule has 31 heavy (non-hydrogen) atoms. The first-order valence-electron chi connectivity index (χ1n) is 10.6. The van der Waals surface area contributed by atoms with Gasteiger partial charge in [-0.15, -0.1) is 0 Å². The fourth-order valence-electron chi connectivity index (χ4n) is 5.33. The molecule has 5 aromatic rings. The number of hydrogen-bond donors (Lipinski definition) is 2. The lowest BCUT2D eigenvalue weighted by molar-refractivity contribution is 0.426. The zero-order valence-electron chi connectivity index (χ0n) is 17.5. The van der Waals surface area contributed by atoms with Crippen LogP contribution in [-0.2, 0) is 5.41 Å². The molecule has 0 atom stereocenters. The van der Waals surface area contributed by atoms with Crippen LogP contribution in [0, 0.1) is 0 Å². The van der Waals surface area contributed by atoms with Crippen LogP contribution in [0.3, 0.4) is 0 Å². The van der Waals surface area contributed by atoms with E-state index in [0.29, 0.717) is 5.46 Å². The molecule has 150 valence electrons. The Kier molecular flexibility index (Phi) is 3.77. The monoisotopic (exact) mass is 403 g/mol. The van der Waals surface area contributed by atoms with Crippen LogP contribution >= 0.6 is 0 Å². The third kappa shape index (κ3) is 2.43. The first-order chi connectivity index (χ1) is 15.0. The Morgan fingerprint density at radius 3 is 2.26 bits per heavy atom. The molecule has 1 aromatic heterocycles. The Labute approximate surface area is 181 Å². The summed E-state index contributed by atoms with van der Waals surface area (Å²) in [5, 5.41) is 21.6. The largest absolute Gasteiger partial charge is 0.488 e. The average Bonchev–Trinajstić information content (AvgIpc) is 3.23. The van der Waals surface area contributed by atoms with Crippen molar-refractivity contribution in [2.24, 2.45) is 0 Å². The van der Waals surface area contributed by atoms with Crippen molar-refractivity contribution in [3.63, 3.8) is 0 Å². The zero-order valence-corrected chi connectivity index (χ0v) is 17.5. The number of hydrogen-bond acceptors (Lipinski definition) is 2. The van der Waals surface area contributed by atoms with E-state index in [9.17, 15) is 10.0 Å². The van der Waals surface area contributed by atoms with Crippen molar-refractivity contribution in [2.75, 3.05) is 0 Å². The summed E-state index contributed by atoms with van der Waals surface area (Å²) in [5.74, 6) is 0. The first-order valence-corrected chi connectivity index (χ1v) is 10.6. The SMILES string of the molecule is CC1(C)c2ccccc2-c2c(-n3c4ccccc4c4cc(B(O)O)ccc43)cccc21. The number of benzene rings is 4. The van der Waals surface area contributed by atoms with Gasteiger partial charge in [-0.1, -0.05) is 80.6 Å². The van der Waals surface area contributed by atoms with Crippen molar-refractivity contribution in [1.82, 2.24) is 4.57 Å². The van der Waals surface area contributed by atoms with E-state index in [0.717, 1.165) is 27.5 Å². The third-order valence-corrected chi connectivity index (χ3v) is 6.82. The Hall–Kier alpha value is -3.34. The molecule has 0 saturated heterocycles. The molecule has 0 amide bonds. The summed E-state index contributed by atoms with van der Waals surface area (Å²) in [6, 6.07) is 29.3. The smallest absolute Gasteiger partial charge is 0.423 e. The maximum atomic E-state index is 9.72. The molecule has 4 heteroatoms. The standard InChI is InChI=1S/C27H22BNO2/c1-27(2)21-10-5-3-9-19(21)26-22(27)11-7-13-25(26)29-23-12-6-4-8-18(23)20-16-17(28(30)31)14-15-24(20)29/h3-16,30-31H,1-2H3. The number of para-hydroxylation sites is 1. The first kappa shape index (κ1) is 18.4. The summed E-state index contributed by atoms with van der Waals surface area (Å²) in [6.45, 7) is 4.59. The van der Waals surface area contributed by atoms with E-state index >= 15 is 0 Å². The van der Waals surface area contributed by atoms with Crippen molar-refractivity contribution in [3.05, 3.63) is 96.1 Å². The molecule has 0 radical (unpaired) electrons. The molecule has 2 N–H and O–H groups in total. The van der Waals surface area contributed by atoms with Gasteiger partial charge in [-0.3, -0.25) is 0 Å². The van der Waals surface area contributed by atoms with Gasteiger partial charge in [0.15, 0.2) is 0 Å². The molecule has 0 aliphatic heterocycles. The number of rotatable bonds is 2. The molecule has 0 spiro atoms. The van der Waals surface area contributed by atoms with Crippen LogP contribution in [0.4, 0.5) is 0 Å². The molecule has 0 unspecified atom stereocenters. The van der Waals surface area contributed by atoms with E-state index in [2.05, 4.69) is 79.1 Å². The molecule has 0 bridgehead atoms. The van der Waals surface area contributed by atoms with Gasteiger partial charge in [0.1, 0.15) is 0 Å². The molecule has 0 fully saturated rings. The minimum Gasteiger partial charge on any atom is -0.423 e. The summed E-state index contributed by atoms with van der Waals surface area (Å²) in [5.41, 5.74) is 9.00. The molecular weight excluding hydrogens is 381 g/mol. The van der Waals surface area contributed by atoms with Crippen LogP contribution in [-0.4, -0.2) is 21.7 Å². The van der Waals surface area contributed by atoms with E-state index in [4.69, 9.17) is 0 Å². The Bertz CT molecular complexity index is 1500. The summed E-state index contributed by atoms with van der Waals surface area (Å²) >= 11 is 0. The highest BCUT2D eigenvalue weighted by Crippen LogP contribution is 2.51. The Balaban J connectivity index is 1.76. The second-order valence-electron chi connectivity index (χ2n) is 8.87. The molecular formula is C27H22BNO2. The van der Waals surface area contributed by atoms with Crippen LogP contribution in [0.15, 0.2) is 84.9 Å². The van der Waals surface area contributed by atoms with Crippen molar-refractivity contribution in [3.8, 4) is 16.8 Å². The van der Waals surface area contributed by atoms with Gasteiger partial charge < -0.3 is 14.6 Å². The zero-order chi connectivity index (χ0) is 21.3. The van der Waals surface area contributed by atoms with Gasteiger partial charge in [0.25, 0.3) is 0 Å². The van der Waals surface area contributed by atoms with Crippen LogP contribution in [0.5, 0.6) is 0 Å². The summed E-state index contributed by atoms with van der Waals surface area (Å²) in [4.78, 5) is 0. The van der Waals surface area contributed by atoms with E-state index in [1.807, 2.05) is 18.2 Å². The van der Waals surface area contributed by atoms with Crippen molar-refractivity contribution in [1.29, 1.82) is 0 Å². The van der Waals surface area contributed by atoms with Gasteiger partial charge >= 0.3 is 7.12 Å². The molecule has 1 aliphatic carbocycles. The predicted molar refractivity (Wildman–Crippen MR) is 128 cm³/mol. The van der Waals surface area contributed by atoms with E-state index in [-0.39, 0.29) is 5.41 Å². The van der Waals surface area contributed by atoms with Gasteiger partial charge in [0.05, 0.1) is 16.7 Å². The number of nitrogens with zero attached hydrogens (tertiary/aromatic N) is 1. The fraction of sp³-hybridized carbons (Fsp3) is 0.111. The van der Waals surface area contributed by atoms with Crippen molar-refractivity contribution in [2.45, 2.75) is 19.3 Å². The summed E-state index contributed by atoms with van der Waals surface area (Å²) < 4.78 is 2.31. The van der Waals surface area contributed by atoms with Gasteiger partial charge in [0.2, 0.25) is 0 Å². The maximum Gasteiger partial charge on any atom is 0.488 e. The maximum absolute atomic E-state index is 9.72. The van der Waals surface area contributed by atoms with Crippen LogP contribution in [0.1, 0.15) is 25.0 Å². The highest BCUT2D eigenvalue weighted by molar-refractivity contribution is 6.59. The molecule has 0 saturated carbocycles. The second-order valence-corrected chi connectivity index (χ2v) is 8.87. The lowest BCUT2D eigenvalue weighted by Gasteiger charge is -2.21. The molecule has 6 rings (SSSR count). The molecule has 3 nitrogen and oxygen atoms in total. The summed E-state index contributed by atoms with van der Waals surface area (Å²) in [7, 11) is -1.49. The van der Waals surface area contributed by atoms with Crippen LogP contribution in [0.2, 0.25) is 0 Å². The van der Waals surface area contributed by atoms with Gasteiger partial charge in [-0.25, -0.2) is 0 Å². The Morgan fingerprint density at radius 2 is 1.42 bits per heavy atom. The van der Waals surface area contributed by atoms with E-state index < -0.39 is 7.12 Å². The Morgan fingerprint density at radius 1 is 0.710 bits per heavy atom. The molecule has 1 heterocycles. The lowest BCUT2D eigenvalue weighted by Crippen LogP contribution is -2.29. The highest BCUT2D eigenvalue weighted by atomic mass is 16.4. The third-order valence-electron chi connectivity index (χ3n) is 6.82. The molecule has 4 aromatic carbocycles. The normalized spacial score (nSPS) is 14.1. The van der Waals surface area contributed by atoms with Gasteiger partial charge in [-0.05, 0) is 40.4 Å². The minimum absolute atomic E-state index is 0.0607. The van der Waals surface area contributed by atoms with Gasteiger partial charge in [-0.2, -0.15) is 0 Å². The van der Waals surface area contributed by atoms with E-state index in [1.165, 1.54) is 22.3 Å². The summed E-state index contributed by atoms with van der Waals surface area (Å²) in [6.07, 6.45) is 0. The van der Waals surface area contributed by atoms with Crippen LogP contribution in [0.25, 0.3) is 38.6 Å². The number of aromatic nitrogens is 1. The second kappa shape index (κ2) is 6.33. The quantitative estimate of drug-likeness (QED) is 0.417. The number of fused-ring (bicyclic) bond motifs is 6. The van der Waals surface area contributed by atoms with Crippen LogP contribution < -0.4 is 5.46 Å². The predicted octanol–water partition coefficient (Wildman–Crippen LogP) is 4.77. The minimum atomic E-state index is -1.49. The van der Waals surface area contributed by atoms with Crippen molar-refractivity contribution < 1.29 is 10.0 Å². The van der Waals surface area contributed by atoms with Crippen molar-refractivity contribution >= 4 is 34.4 Å². The molecule has 1 aliphatic rings. The highest BCUT2D eigenvalue weighted by Gasteiger charge is 2.37. The fourth-order valence-corrected chi connectivity index (χ4v) is 5.33. The van der Waals surface area contributed by atoms with Gasteiger partial charge in [0, 0.05) is 21.8 Å².